The Morgan fingerprint density at radius 1 is 0.375 bits per heavy atom. The molecule has 0 bridgehead atoms. The molecule has 0 radical (unpaired) electrons. The van der Waals surface area contributed by atoms with Crippen molar-refractivity contribution >= 4 is 0 Å². The first kappa shape index (κ1) is 39.7. The molecule has 0 N–H and O–H groups in total. The molecule has 0 aromatic heterocycles. The van der Waals surface area contributed by atoms with Gasteiger partial charge in [-0.1, -0.05) is 220 Å². The third-order valence-corrected chi connectivity index (χ3v) is 9.53. The van der Waals surface area contributed by atoms with Crippen molar-refractivity contribution in [3.8, 4) is 0 Å². The number of rotatable bonds is 34. The average molecular weight is 561 g/mol. The van der Waals surface area contributed by atoms with Crippen LogP contribution in [0.5, 0.6) is 0 Å². The van der Waals surface area contributed by atoms with Crippen molar-refractivity contribution in [3.05, 3.63) is 12.2 Å². The molecular weight excluding hydrogens is 480 g/mol. The topological polar surface area (TPSA) is 0 Å². The van der Waals surface area contributed by atoms with E-state index in [2.05, 4.69) is 34.3 Å². The molecule has 0 fully saturated rings. The maximum Gasteiger partial charge on any atom is -0.0294 e. The number of hydrogen-bond donors (Lipinski definition) is 0. The highest BCUT2D eigenvalue weighted by atomic mass is 14.2. The third kappa shape index (κ3) is 29.2. The third-order valence-electron chi connectivity index (χ3n) is 9.53. The lowest BCUT2D eigenvalue weighted by Crippen LogP contribution is -2.11. The van der Waals surface area contributed by atoms with E-state index in [1.54, 1.807) is 5.57 Å². The van der Waals surface area contributed by atoms with Gasteiger partial charge in [0.1, 0.15) is 0 Å². The molecule has 0 amide bonds. The first-order valence-corrected chi connectivity index (χ1v) is 19.3. The largest absolute Gasteiger partial charge is 0.0999 e. The first-order chi connectivity index (χ1) is 19.7. The van der Waals surface area contributed by atoms with E-state index in [1.165, 1.54) is 205 Å². The van der Waals surface area contributed by atoms with E-state index in [1.807, 2.05) is 0 Å². The molecule has 2 unspecified atom stereocenters. The monoisotopic (exact) mass is 561 g/mol. The minimum absolute atomic E-state index is 0.901. The van der Waals surface area contributed by atoms with Crippen LogP contribution in [0.3, 0.4) is 0 Å². The van der Waals surface area contributed by atoms with Gasteiger partial charge in [0.25, 0.3) is 0 Å². The molecule has 2 atom stereocenters. The highest BCUT2D eigenvalue weighted by Gasteiger charge is 2.18. The lowest BCUT2D eigenvalue weighted by Gasteiger charge is -2.25. The molecule has 0 saturated carbocycles. The predicted molar refractivity (Wildman–Crippen MR) is 187 cm³/mol. The van der Waals surface area contributed by atoms with Gasteiger partial charge in [0.15, 0.2) is 0 Å². The van der Waals surface area contributed by atoms with E-state index in [4.69, 9.17) is 0 Å². The Bertz CT molecular complexity index is 476. The quantitative estimate of drug-likeness (QED) is 0.0542. The second kappa shape index (κ2) is 33.2. The Morgan fingerprint density at radius 2 is 0.675 bits per heavy atom. The van der Waals surface area contributed by atoms with Crippen LogP contribution in [0.1, 0.15) is 233 Å². The van der Waals surface area contributed by atoms with Crippen LogP contribution in [0.15, 0.2) is 12.2 Å². The van der Waals surface area contributed by atoms with Gasteiger partial charge in [-0.25, -0.2) is 0 Å². The van der Waals surface area contributed by atoms with Crippen LogP contribution in [0, 0.1) is 11.8 Å². The van der Waals surface area contributed by atoms with Gasteiger partial charge in [-0.2, -0.15) is 0 Å². The summed E-state index contributed by atoms with van der Waals surface area (Å²) in [6.45, 7) is 13.9. The molecule has 0 nitrogen and oxygen atoms in total. The van der Waals surface area contributed by atoms with Gasteiger partial charge in [-0.15, -0.1) is 0 Å². The van der Waals surface area contributed by atoms with E-state index >= 15 is 0 Å². The van der Waals surface area contributed by atoms with Crippen LogP contribution < -0.4 is 0 Å². The van der Waals surface area contributed by atoms with E-state index in [-0.39, 0.29) is 0 Å². The van der Waals surface area contributed by atoms with Crippen molar-refractivity contribution in [2.24, 2.45) is 11.8 Å². The molecule has 0 heteroatoms. The lowest BCUT2D eigenvalue weighted by molar-refractivity contribution is 0.295. The summed E-state index contributed by atoms with van der Waals surface area (Å²) in [5.41, 5.74) is 1.58. The van der Waals surface area contributed by atoms with E-state index in [0.717, 1.165) is 11.8 Å². The Morgan fingerprint density at radius 3 is 1.05 bits per heavy atom. The molecule has 0 aliphatic rings. The summed E-state index contributed by atoms with van der Waals surface area (Å²) in [6.07, 6.45) is 45.9. The first-order valence-electron chi connectivity index (χ1n) is 19.3. The standard InChI is InChI=1S/C40H80/c1-6-10-14-18-22-23-27-30-34-39(33-29-25-20-16-12-8-3)37-40(35-31-26-21-17-13-9-4)36-38(5)32-28-24-19-15-11-7-2/h39-40H,5-37H2,1-4H3. The van der Waals surface area contributed by atoms with Crippen molar-refractivity contribution in [1.82, 2.24) is 0 Å². The van der Waals surface area contributed by atoms with Crippen molar-refractivity contribution in [2.75, 3.05) is 0 Å². The molecule has 0 aliphatic carbocycles. The van der Waals surface area contributed by atoms with Crippen LogP contribution in [-0.4, -0.2) is 0 Å². The zero-order valence-corrected chi connectivity index (χ0v) is 29.0. The number of unbranched alkanes of at least 4 members (excludes halogenated alkanes) is 22. The molecule has 0 heterocycles. The average Bonchev–Trinajstić information content (AvgIpc) is 2.95. The summed E-state index contributed by atoms with van der Waals surface area (Å²) in [5, 5.41) is 0. The van der Waals surface area contributed by atoms with Crippen LogP contribution in [0.2, 0.25) is 0 Å². The van der Waals surface area contributed by atoms with Gasteiger partial charge in [0.05, 0.1) is 0 Å². The Balaban J connectivity index is 4.78. The second-order valence-electron chi connectivity index (χ2n) is 13.8. The molecule has 0 spiro atoms. The SMILES string of the molecule is C=C(CCCCCCCC)CC(CCCCCCCC)CC(CCCCCCCC)CCCCCCCCCC. The zero-order valence-electron chi connectivity index (χ0n) is 29.0. The fraction of sp³-hybridized carbons (Fsp3) is 0.950. The Kier molecular flexibility index (Phi) is 33.0. The minimum atomic E-state index is 0.901. The van der Waals surface area contributed by atoms with E-state index in [0.29, 0.717) is 0 Å². The maximum atomic E-state index is 4.63. The molecule has 0 aromatic carbocycles. The summed E-state index contributed by atoms with van der Waals surface area (Å²) >= 11 is 0. The van der Waals surface area contributed by atoms with Gasteiger partial charge >= 0.3 is 0 Å². The fourth-order valence-electron chi connectivity index (χ4n) is 6.81. The highest BCUT2D eigenvalue weighted by Crippen LogP contribution is 2.32. The van der Waals surface area contributed by atoms with Crippen molar-refractivity contribution in [2.45, 2.75) is 233 Å². The van der Waals surface area contributed by atoms with E-state index < -0.39 is 0 Å². The van der Waals surface area contributed by atoms with Gasteiger partial charge < -0.3 is 0 Å². The Labute approximate surface area is 256 Å². The zero-order chi connectivity index (χ0) is 29.4. The lowest BCUT2D eigenvalue weighted by atomic mass is 9.81. The van der Waals surface area contributed by atoms with Crippen LogP contribution >= 0.6 is 0 Å². The molecule has 0 saturated heterocycles. The smallest absolute Gasteiger partial charge is 0.0294 e. The molecule has 0 aliphatic heterocycles. The van der Waals surface area contributed by atoms with Crippen molar-refractivity contribution in [3.63, 3.8) is 0 Å². The van der Waals surface area contributed by atoms with Gasteiger partial charge in [-0.3, -0.25) is 0 Å². The normalized spacial score (nSPS) is 13.1. The summed E-state index contributed by atoms with van der Waals surface area (Å²) in [6, 6.07) is 0. The second-order valence-corrected chi connectivity index (χ2v) is 13.8. The highest BCUT2D eigenvalue weighted by molar-refractivity contribution is 4.96. The molecule has 0 aromatic rings. The number of hydrogen-bond acceptors (Lipinski definition) is 0. The van der Waals surface area contributed by atoms with E-state index in [9.17, 15) is 0 Å². The van der Waals surface area contributed by atoms with Crippen molar-refractivity contribution < 1.29 is 0 Å². The summed E-state index contributed by atoms with van der Waals surface area (Å²) in [5.74, 6) is 1.87. The molecule has 240 valence electrons. The fourth-order valence-corrected chi connectivity index (χ4v) is 6.81. The summed E-state index contributed by atoms with van der Waals surface area (Å²) < 4.78 is 0. The van der Waals surface area contributed by atoms with Crippen molar-refractivity contribution in [1.29, 1.82) is 0 Å². The Hall–Kier alpha value is -0.260. The maximum absolute atomic E-state index is 4.63. The number of allylic oxidation sites excluding steroid dienone is 1. The molecule has 0 rings (SSSR count). The van der Waals surface area contributed by atoms with Gasteiger partial charge in [-0.05, 0) is 37.5 Å². The summed E-state index contributed by atoms with van der Waals surface area (Å²) in [4.78, 5) is 0. The predicted octanol–water partition coefficient (Wildman–Crippen LogP) is 15.3. The van der Waals surface area contributed by atoms with Gasteiger partial charge in [0, 0.05) is 0 Å². The van der Waals surface area contributed by atoms with Crippen LogP contribution in [0.25, 0.3) is 0 Å². The molecular formula is C40H80. The van der Waals surface area contributed by atoms with Crippen LogP contribution in [0.4, 0.5) is 0 Å². The molecule has 40 heavy (non-hydrogen) atoms. The van der Waals surface area contributed by atoms with Gasteiger partial charge in [0.2, 0.25) is 0 Å². The van der Waals surface area contributed by atoms with Crippen LogP contribution in [-0.2, 0) is 0 Å². The summed E-state index contributed by atoms with van der Waals surface area (Å²) in [7, 11) is 0. The minimum Gasteiger partial charge on any atom is -0.0999 e.